The van der Waals surface area contributed by atoms with Gasteiger partial charge < -0.3 is 5.11 Å². The second-order valence-electron chi connectivity index (χ2n) is 11.5. The molecule has 4 aliphatic rings. The number of fused-ring (bicyclic) bond motifs is 5. The zero-order valence-electron chi connectivity index (χ0n) is 19.6. The summed E-state index contributed by atoms with van der Waals surface area (Å²) in [5.74, 6) is 1.74. The van der Waals surface area contributed by atoms with Crippen LogP contribution in [0.5, 0.6) is 0 Å². The number of nitrogens with zero attached hydrogens (tertiary/aromatic N) is 2. The van der Waals surface area contributed by atoms with E-state index in [1.807, 2.05) is 7.05 Å². The first-order valence-electron chi connectivity index (χ1n) is 12.2. The van der Waals surface area contributed by atoms with Gasteiger partial charge in [-0.25, -0.2) is 4.79 Å². The summed E-state index contributed by atoms with van der Waals surface area (Å²) in [7, 11) is 1.92. The largest absolute Gasteiger partial charge is 0.389 e. The smallest absolute Gasteiger partial charge is 0.338 e. The van der Waals surface area contributed by atoms with Gasteiger partial charge in [-0.2, -0.15) is 9.60 Å². The normalized spacial score (nSPS) is 47.5. The third-order valence-corrected chi connectivity index (χ3v) is 10.4. The van der Waals surface area contributed by atoms with E-state index in [2.05, 4.69) is 27.0 Å². The predicted molar refractivity (Wildman–Crippen MR) is 121 cm³/mol. The van der Waals surface area contributed by atoms with Crippen LogP contribution < -0.4 is 0 Å². The quantitative estimate of drug-likeness (QED) is 0.393. The van der Waals surface area contributed by atoms with Crippen LogP contribution in [0.15, 0.2) is 25.3 Å². The molecule has 2 amide bonds. The highest BCUT2D eigenvalue weighted by atomic mass is 16.3. The highest BCUT2D eigenvalue weighted by Gasteiger charge is 2.68. The topological polar surface area (TPSA) is 57.6 Å². The Morgan fingerprint density at radius 1 is 1.23 bits per heavy atom. The number of rotatable bonds is 6. The number of carbonyl (C=O) groups is 2. The molecule has 5 nitrogen and oxygen atoms in total. The average molecular weight is 430 g/mol. The number of quaternary nitrogens is 1. The number of amides is 2. The maximum Gasteiger partial charge on any atom is 0.338 e. The van der Waals surface area contributed by atoms with Crippen molar-refractivity contribution in [1.82, 2.24) is 5.01 Å². The van der Waals surface area contributed by atoms with Gasteiger partial charge in [0.15, 0.2) is 0 Å². The molecule has 3 saturated carbocycles. The number of likely N-dealkylation sites (tertiary alicyclic amines) is 1. The van der Waals surface area contributed by atoms with E-state index in [-0.39, 0.29) is 27.9 Å². The van der Waals surface area contributed by atoms with Gasteiger partial charge >= 0.3 is 5.91 Å². The molecule has 0 bridgehead atoms. The Morgan fingerprint density at radius 2 is 1.97 bits per heavy atom. The number of carbonyl (C=O) groups excluding carboxylic acids is 2. The Bertz CT molecular complexity index is 768. The molecule has 172 valence electrons. The van der Waals surface area contributed by atoms with Crippen molar-refractivity contribution in [2.45, 2.75) is 77.4 Å². The molecule has 1 aliphatic heterocycles. The van der Waals surface area contributed by atoms with Crippen LogP contribution in [-0.2, 0) is 9.59 Å². The van der Waals surface area contributed by atoms with Gasteiger partial charge in [-0.05, 0) is 61.2 Å². The summed E-state index contributed by atoms with van der Waals surface area (Å²) in [6, 6.07) is -0.0227. The van der Waals surface area contributed by atoms with Crippen molar-refractivity contribution in [2.75, 3.05) is 13.6 Å². The van der Waals surface area contributed by atoms with Crippen LogP contribution in [0.4, 0.5) is 0 Å². The Labute approximate surface area is 187 Å². The van der Waals surface area contributed by atoms with Crippen molar-refractivity contribution in [1.29, 1.82) is 0 Å². The van der Waals surface area contributed by atoms with Crippen molar-refractivity contribution in [3.63, 3.8) is 0 Å². The lowest BCUT2D eigenvalue weighted by Gasteiger charge is -2.65. The van der Waals surface area contributed by atoms with E-state index in [1.54, 1.807) is 17.2 Å². The minimum absolute atomic E-state index is 0.0114. The fourth-order valence-corrected chi connectivity index (χ4v) is 8.70. The van der Waals surface area contributed by atoms with Crippen molar-refractivity contribution in [3.8, 4) is 0 Å². The maximum atomic E-state index is 13.4. The standard InChI is InChI=1S/C26H41N2O3/c1-6-15-27(17-29)28(5)22-16-18(21(30)7-2)24-19-9-8-12-25(19,3)13-10-20(24)26(22,4)14-11-23(28)31/h6-7,17-22,24,30H,1-2,8-16H2,3-5H3/q+1/t18-,19+,20+,21?,22-,24+,25+,26-,28?/m1/s1. The van der Waals surface area contributed by atoms with Crippen LogP contribution in [0.25, 0.3) is 0 Å². The minimum Gasteiger partial charge on any atom is -0.389 e. The molecule has 1 saturated heterocycles. The summed E-state index contributed by atoms with van der Waals surface area (Å²) < 4.78 is 0.0114. The molecule has 0 spiro atoms. The fourth-order valence-electron chi connectivity index (χ4n) is 8.70. The summed E-state index contributed by atoms with van der Waals surface area (Å²) >= 11 is 0. The molecule has 9 atom stereocenters. The van der Waals surface area contributed by atoms with Crippen LogP contribution >= 0.6 is 0 Å². The summed E-state index contributed by atoms with van der Waals surface area (Å²) in [5, 5.41) is 12.7. The van der Waals surface area contributed by atoms with Crippen LogP contribution in [0, 0.1) is 34.5 Å². The molecule has 0 aromatic carbocycles. The number of hydrogen-bond donors (Lipinski definition) is 1. The lowest BCUT2D eigenvalue weighted by Crippen LogP contribution is -2.76. The van der Waals surface area contributed by atoms with Crippen molar-refractivity contribution in [3.05, 3.63) is 25.3 Å². The van der Waals surface area contributed by atoms with Crippen molar-refractivity contribution in [2.24, 2.45) is 34.5 Å². The van der Waals surface area contributed by atoms with Gasteiger partial charge in [0.25, 0.3) is 6.41 Å². The monoisotopic (exact) mass is 429 g/mol. The summed E-state index contributed by atoms with van der Waals surface area (Å²) in [5.41, 5.74) is 0.348. The molecule has 5 heteroatoms. The summed E-state index contributed by atoms with van der Waals surface area (Å²) in [4.78, 5) is 25.5. The highest BCUT2D eigenvalue weighted by Crippen LogP contribution is 2.67. The van der Waals surface area contributed by atoms with Crippen LogP contribution in [0.2, 0.25) is 0 Å². The second-order valence-corrected chi connectivity index (χ2v) is 11.5. The molecule has 4 rings (SSSR count). The average Bonchev–Trinajstić information content (AvgIpc) is 3.16. The van der Waals surface area contributed by atoms with Gasteiger partial charge in [0.05, 0.1) is 26.1 Å². The van der Waals surface area contributed by atoms with Crippen LogP contribution in [0.3, 0.4) is 0 Å². The number of piperidine rings is 1. The Hall–Kier alpha value is -1.46. The van der Waals surface area contributed by atoms with Crippen molar-refractivity contribution >= 4 is 12.3 Å². The summed E-state index contributed by atoms with van der Waals surface area (Å²) in [6.07, 6.45) is 12.0. The zero-order valence-corrected chi connectivity index (χ0v) is 19.6. The molecule has 0 aromatic heterocycles. The van der Waals surface area contributed by atoms with Gasteiger partial charge in [-0.15, -0.1) is 13.2 Å². The van der Waals surface area contributed by atoms with E-state index in [0.29, 0.717) is 36.1 Å². The van der Waals surface area contributed by atoms with Gasteiger partial charge in [-0.3, -0.25) is 4.79 Å². The first-order valence-corrected chi connectivity index (χ1v) is 12.2. The lowest BCUT2D eigenvalue weighted by molar-refractivity contribution is -0.971. The fraction of sp³-hybridized carbons (Fsp3) is 0.769. The second kappa shape index (κ2) is 7.84. The van der Waals surface area contributed by atoms with E-state index < -0.39 is 6.10 Å². The maximum absolute atomic E-state index is 13.4. The predicted octanol–water partition coefficient (Wildman–Crippen LogP) is 4.09. The van der Waals surface area contributed by atoms with Crippen molar-refractivity contribution < 1.29 is 19.3 Å². The van der Waals surface area contributed by atoms with Gasteiger partial charge in [0, 0.05) is 11.8 Å². The minimum atomic E-state index is -0.574. The van der Waals surface area contributed by atoms with E-state index in [0.717, 1.165) is 25.7 Å². The van der Waals surface area contributed by atoms with Crippen LogP contribution in [-0.4, -0.2) is 52.8 Å². The molecule has 0 radical (unpaired) electrons. The molecule has 1 N–H and O–H groups in total. The highest BCUT2D eigenvalue weighted by molar-refractivity contribution is 5.71. The molecular weight excluding hydrogens is 388 g/mol. The third kappa shape index (κ3) is 3.10. The molecule has 1 heterocycles. The van der Waals surface area contributed by atoms with E-state index >= 15 is 0 Å². The molecular formula is C26H41N2O3+. The van der Waals surface area contributed by atoms with Crippen LogP contribution in [0.1, 0.15) is 65.2 Å². The number of hydrogen-bond acceptors (Lipinski definition) is 3. The SMILES string of the molecule is C=CCN(C=O)[N+]1(C)C(=O)CC[C@@]2(C)[C@H]1C[C@H](C(O)C=C)[C@H]1[C@@H]3CCC[C@@]3(C)CC[C@@H]12. The first kappa shape index (κ1) is 22.7. The van der Waals surface area contributed by atoms with Gasteiger partial charge in [-0.1, -0.05) is 32.4 Å². The Balaban J connectivity index is 1.82. The lowest BCUT2D eigenvalue weighted by atomic mass is 9.44. The first-order chi connectivity index (χ1) is 14.7. The third-order valence-electron chi connectivity index (χ3n) is 10.4. The van der Waals surface area contributed by atoms with Gasteiger partial charge in [0.2, 0.25) is 0 Å². The summed E-state index contributed by atoms with van der Waals surface area (Å²) in [6.45, 7) is 12.9. The number of aliphatic hydroxyl groups is 1. The molecule has 3 aliphatic carbocycles. The Kier molecular flexibility index (Phi) is 5.75. The van der Waals surface area contributed by atoms with E-state index in [9.17, 15) is 14.7 Å². The molecule has 2 unspecified atom stereocenters. The van der Waals surface area contributed by atoms with E-state index in [4.69, 9.17) is 0 Å². The molecule has 31 heavy (non-hydrogen) atoms. The number of aliphatic hydroxyl groups excluding tert-OH is 1. The molecule has 0 aromatic rings. The van der Waals surface area contributed by atoms with E-state index in [1.165, 1.54) is 25.7 Å². The Morgan fingerprint density at radius 3 is 2.61 bits per heavy atom. The zero-order chi connectivity index (χ0) is 22.6. The van der Waals surface area contributed by atoms with Gasteiger partial charge in [0.1, 0.15) is 6.04 Å². The molecule has 4 fully saturated rings.